The Balaban J connectivity index is 2.47. The van der Waals surface area contributed by atoms with Crippen LogP contribution in [0.25, 0.3) is 0 Å². The lowest BCUT2D eigenvalue weighted by Gasteiger charge is -2.32. The Labute approximate surface area is 210 Å². The van der Waals surface area contributed by atoms with E-state index in [1.54, 1.807) is 37.3 Å². The Kier molecular flexibility index (Phi) is 9.61. The minimum Gasteiger partial charge on any atom is -0.495 e. The van der Waals surface area contributed by atoms with Crippen LogP contribution in [0.2, 0.25) is 10.0 Å². The summed E-state index contributed by atoms with van der Waals surface area (Å²) in [6.45, 7) is 4.70. The molecular formula is C23H29Cl2N3O5S. The molecule has 1 atom stereocenters. The van der Waals surface area contributed by atoms with E-state index in [0.29, 0.717) is 10.6 Å². The molecule has 0 unspecified atom stereocenters. The number of ether oxygens (including phenoxy) is 1. The smallest absolute Gasteiger partial charge is 0.244 e. The number of anilines is 1. The number of halogens is 2. The fraction of sp³-hybridized carbons (Fsp3) is 0.391. The lowest BCUT2D eigenvalue weighted by Crippen LogP contribution is -2.52. The molecule has 0 fully saturated rings. The second-order valence-electron chi connectivity index (χ2n) is 8.08. The van der Waals surface area contributed by atoms with Crippen molar-refractivity contribution in [2.75, 3.05) is 24.2 Å². The Morgan fingerprint density at radius 3 is 2.26 bits per heavy atom. The molecule has 0 aliphatic carbocycles. The van der Waals surface area contributed by atoms with E-state index < -0.39 is 28.5 Å². The van der Waals surface area contributed by atoms with Gasteiger partial charge in [0.2, 0.25) is 21.8 Å². The van der Waals surface area contributed by atoms with Crippen molar-refractivity contribution in [3.05, 3.63) is 58.1 Å². The van der Waals surface area contributed by atoms with Gasteiger partial charge in [0.1, 0.15) is 18.3 Å². The average Bonchev–Trinajstić information content (AvgIpc) is 2.74. The summed E-state index contributed by atoms with van der Waals surface area (Å²) >= 11 is 12.2. The maximum Gasteiger partial charge on any atom is 0.244 e. The molecule has 0 aromatic heterocycles. The molecule has 0 aliphatic rings. The summed E-state index contributed by atoms with van der Waals surface area (Å²) in [5, 5.41) is 3.54. The van der Waals surface area contributed by atoms with Crippen molar-refractivity contribution in [3.63, 3.8) is 0 Å². The SMILES string of the molecule is COc1ccc(Cl)cc1N(CC(=O)N(Cc1cccc(Cl)c1)[C@@H](C)C(=O)NC(C)C)S(C)(=O)=O. The molecule has 0 aliphatic heterocycles. The molecule has 8 nitrogen and oxygen atoms in total. The van der Waals surface area contributed by atoms with E-state index in [-0.39, 0.29) is 35.0 Å². The van der Waals surface area contributed by atoms with Crippen LogP contribution in [0.3, 0.4) is 0 Å². The van der Waals surface area contributed by atoms with Crippen LogP contribution in [0.5, 0.6) is 5.75 Å². The predicted octanol–water partition coefficient (Wildman–Crippen LogP) is 3.71. The van der Waals surface area contributed by atoms with E-state index in [2.05, 4.69) is 5.32 Å². The lowest BCUT2D eigenvalue weighted by atomic mass is 10.1. The van der Waals surface area contributed by atoms with Gasteiger partial charge in [0, 0.05) is 22.6 Å². The maximum absolute atomic E-state index is 13.5. The first-order chi connectivity index (χ1) is 15.8. The van der Waals surface area contributed by atoms with Crippen LogP contribution in [0, 0.1) is 0 Å². The van der Waals surface area contributed by atoms with Crippen molar-refractivity contribution >= 4 is 50.7 Å². The monoisotopic (exact) mass is 529 g/mol. The third-order valence-electron chi connectivity index (χ3n) is 4.93. The standard InChI is InChI=1S/C23H29Cl2N3O5S/c1-15(2)26-23(30)16(3)27(13-17-7-6-8-18(24)11-17)22(29)14-28(34(5,31)32)20-12-19(25)9-10-21(20)33-4/h6-12,15-16H,13-14H2,1-5H3,(H,26,30)/t16-/m0/s1. The third kappa shape index (κ3) is 7.51. The number of methoxy groups -OCH3 is 1. The number of nitrogens with zero attached hydrogens (tertiary/aromatic N) is 2. The van der Waals surface area contributed by atoms with Gasteiger partial charge in [0.25, 0.3) is 0 Å². The quantitative estimate of drug-likeness (QED) is 0.506. The summed E-state index contributed by atoms with van der Waals surface area (Å²) in [4.78, 5) is 27.6. The van der Waals surface area contributed by atoms with Gasteiger partial charge in [0.15, 0.2) is 0 Å². The van der Waals surface area contributed by atoms with Gasteiger partial charge in [0.05, 0.1) is 19.1 Å². The molecule has 2 aromatic rings. The molecule has 11 heteroatoms. The highest BCUT2D eigenvalue weighted by Gasteiger charge is 2.31. The first-order valence-corrected chi connectivity index (χ1v) is 13.1. The van der Waals surface area contributed by atoms with Crippen LogP contribution in [0.4, 0.5) is 5.69 Å². The summed E-state index contributed by atoms with van der Waals surface area (Å²) in [6.07, 6.45) is 0.983. The third-order valence-corrected chi connectivity index (χ3v) is 6.53. The highest BCUT2D eigenvalue weighted by atomic mass is 35.5. The van der Waals surface area contributed by atoms with Crippen molar-refractivity contribution in [1.29, 1.82) is 0 Å². The van der Waals surface area contributed by atoms with E-state index >= 15 is 0 Å². The Hall–Kier alpha value is -2.49. The van der Waals surface area contributed by atoms with E-state index in [1.165, 1.54) is 24.1 Å². The fourth-order valence-electron chi connectivity index (χ4n) is 3.27. The van der Waals surface area contributed by atoms with Crippen LogP contribution in [0.1, 0.15) is 26.3 Å². The molecule has 186 valence electrons. The molecule has 0 saturated carbocycles. The van der Waals surface area contributed by atoms with Gasteiger partial charge in [-0.15, -0.1) is 0 Å². The first-order valence-electron chi connectivity index (χ1n) is 10.5. The van der Waals surface area contributed by atoms with Crippen LogP contribution < -0.4 is 14.4 Å². The van der Waals surface area contributed by atoms with Crippen molar-refractivity contribution in [3.8, 4) is 5.75 Å². The van der Waals surface area contributed by atoms with Crippen LogP contribution in [-0.2, 0) is 26.2 Å². The zero-order valence-electron chi connectivity index (χ0n) is 19.7. The Morgan fingerprint density at radius 1 is 1.06 bits per heavy atom. The first kappa shape index (κ1) is 27.8. The zero-order valence-corrected chi connectivity index (χ0v) is 22.0. The number of benzene rings is 2. The molecule has 2 amide bonds. The molecule has 2 rings (SSSR count). The summed E-state index contributed by atoms with van der Waals surface area (Å²) in [7, 11) is -2.53. The number of hydrogen-bond acceptors (Lipinski definition) is 5. The summed E-state index contributed by atoms with van der Waals surface area (Å²) in [5.41, 5.74) is 0.809. The Bertz CT molecular complexity index is 1140. The molecule has 0 bridgehead atoms. The second-order valence-corrected chi connectivity index (χ2v) is 10.9. The topological polar surface area (TPSA) is 96.0 Å². The largest absolute Gasteiger partial charge is 0.495 e. The second kappa shape index (κ2) is 11.8. The van der Waals surface area contributed by atoms with Gasteiger partial charge in [-0.25, -0.2) is 8.42 Å². The number of amides is 2. The van der Waals surface area contributed by atoms with Gasteiger partial charge in [-0.05, 0) is 56.7 Å². The molecule has 2 aromatic carbocycles. The van der Waals surface area contributed by atoms with Crippen molar-refractivity contribution < 1.29 is 22.7 Å². The maximum atomic E-state index is 13.5. The molecule has 0 heterocycles. The number of sulfonamides is 1. The van der Waals surface area contributed by atoms with E-state index in [1.807, 2.05) is 13.8 Å². The van der Waals surface area contributed by atoms with Crippen molar-refractivity contribution in [1.82, 2.24) is 10.2 Å². The molecule has 0 radical (unpaired) electrons. The van der Waals surface area contributed by atoms with E-state index in [0.717, 1.165) is 10.6 Å². The van der Waals surface area contributed by atoms with Gasteiger partial charge >= 0.3 is 0 Å². The fourth-order valence-corrected chi connectivity index (χ4v) is 4.50. The van der Waals surface area contributed by atoms with E-state index in [4.69, 9.17) is 27.9 Å². The van der Waals surface area contributed by atoms with Gasteiger partial charge in [-0.1, -0.05) is 35.3 Å². The number of carbonyl (C=O) groups is 2. The normalized spacial score (nSPS) is 12.2. The average molecular weight is 530 g/mol. The summed E-state index contributed by atoms with van der Waals surface area (Å²) in [5.74, 6) is -0.718. The van der Waals surface area contributed by atoms with Gasteiger partial charge < -0.3 is 15.0 Å². The molecule has 0 spiro atoms. The molecular weight excluding hydrogens is 501 g/mol. The Morgan fingerprint density at radius 2 is 1.71 bits per heavy atom. The number of hydrogen-bond donors (Lipinski definition) is 1. The predicted molar refractivity (Wildman–Crippen MR) is 135 cm³/mol. The van der Waals surface area contributed by atoms with Crippen LogP contribution in [0.15, 0.2) is 42.5 Å². The van der Waals surface area contributed by atoms with Gasteiger partial charge in [-0.3, -0.25) is 13.9 Å². The lowest BCUT2D eigenvalue weighted by molar-refractivity contribution is -0.139. The van der Waals surface area contributed by atoms with Crippen LogP contribution in [-0.4, -0.2) is 57.1 Å². The zero-order chi connectivity index (χ0) is 25.6. The van der Waals surface area contributed by atoms with E-state index in [9.17, 15) is 18.0 Å². The number of rotatable bonds is 10. The molecule has 34 heavy (non-hydrogen) atoms. The summed E-state index contributed by atoms with van der Waals surface area (Å²) < 4.78 is 31.6. The highest BCUT2D eigenvalue weighted by molar-refractivity contribution is 7.92. The number of nitrogens with one attached hydrogen (secondary N) is 1. The van der Waals surface area contributed by atoms with Crippen LogP contribution >= 0.6 is 23.2 Å². The molecule has 0 saturated heterocycles. The highest BCUT2D eigenvalue weighted by Crippen LogP contribution is 2.33. The van der Waals surface area contributed by atoms with Gasteiger partial charge in [-0.2, -0.15) is 0 Å². The number of carbonyl (C=O) groups excluding carboxylic acids is 2. The van der Waals surface area contributed by atoms with Crippen molar-refractivity contribution in [2.24, 2.45) is 0 Å². The molecule has 1 N–H and O–H groups in total. The minimum atomic E-state index is -3.91. The summed E-state index contributed by atoms with van der Waals surface area (Å²) in [6, 6.07) is 10.3. The minimum absolute atomic E-state index is 0.0519. The van der Waals surface area contributed by atoms with Crippen molar-refractivity contribution in [2.45, 2.75) is 39.4 Å².